The molecule has 1 N–H and O–H groups in total. The Balaban J connectivity index is 2.87. The first-order valence-electron chi connectivity index (χ1n) is 7.89. The van der Waals surface area contributed by atoms with Crippen LogP contribution in [0.25, 0.3) is 0 Å². The fourth-order valence-corrected chi connectivity index (χ4v) is 2.46. The first kappa shape index (κ1) is 17.0. The summed E-state index contributed by atoms with van der Waals surface area (Å²) in [6.07, 6.45) is 1.18. The molecule has 0 amide bonds. The van der Waals surface area contributed by atoms with Gasteiger partial charge in [0.2, 0.25) is 0 Å². The van der Waals surface area contributed by atoms with Gasteiger partial charge < -0.3 is 10.2 Å². The van der Waals surface area contributed by atoms with Crippen LogP contribution < -0.4 is 10.2 Å². The van der Waals surface area contributed by atoms with Crippen molar-refractivity contribution >= 4 is 5.69 Å². The number of nitrogens with one attached hydrogen (secondary N) is 1. The van der Waals surface area contributed by atoms with E-state index in [1.54, 1.807) is 0 Å². The predicted molar refractivity (Wildman–Crippen MR) is 90.5 cm³/mol. The second-order valence-corrected chi connectivity index (χ2v) is 6.77. The molecule has 0 heterocycles. The van der Waals surface area contributed by atoms with Crippen molar-refractivity contribution in [2.75, 3.05) is 11.4 Å². The number of hydrogen-bond donors (Lipinski definition) is 1. The maximum atomic E-state index is 3.55. The molecule has 2 heteroatoms. The van der Waals surface area contributed by atoms with Crippen LogP contribution in [0.15, 0.2) is 18.2 Å². The summed E-state index contributed by atoms with van der Waals surface area (Å²) < 4.78 is 0. The lowest BCUT2D eigenvalue weighted by molar-refractivity contribution is 0.424. The third kappa shape index (κ3) is 4.82. The number of anilines is 1. The highest BCUT2D eigenvalue weighted by molar-refractivity contribution is 5.55. The Labute approximate surface area is 125 Å². The van der Waals surface area contributed by atoms with E-state index < -0.39 is 0 Å². The molecule has 0 aliphatic rings. The topological polar surface area (TPSA) is 15.3 Å². The van der Waals surface area contributed by atoms with Crippen molar-refractivity contribution in [3.63, 3.8) is 0 Å². The third-order valence-corrected chi connectivity index (χ3v) is 3.86. The molecule has 2 nitrogen and oxygen atoms in total. The lowest BCUT2D eigenvalue weighted by Gasteiger charge is -2.31. The van der Waals surface area contributed by atoms with Gasteiger partial charge in [-0.15, -0.1) is 0 Å². The number of benzene rings is 1. The maximum Gasteiger partial charge on any atom is 0.0398 e. The van der Waals surface area contributed by atoms with Crippen molar-refractivity contribution in [3.05, 3.63) is 29.3 Å². The Morgan fingerprint density at radius 2 is 1.85 bits per heavy atom. The van der Waals surface area contributed by atoms with Crippen molar-refractivity contribution in [1.29, 1.82) is 0 Å². The van der Waals surface area contributed by atoms with Crippen LogP contribution >= 0.6 is 0 Å². The van der Waals surface area contributed by atoms with Crippen LogP contribution in [-0.2, 0) is 6.54 Å². The van der Waals surface area contributed by atoms with Gasteiger partial charge in [-0.05, 0) is 65.2 Å². The second-order valence-electron chi connectivity index (χ2n) is 6.77. The van der Waals surface area contributed by atoms with E-state index in [0.717, 1.165) is 13.1 Å². The van der Waals surface area contributed by atoms with Crippen LogP contribution in [0, 0.1) is 6.92 Å². The van der Waals surface area contributed by atoms with Gasteiger partial charge in [0.25, 0.3) is 0 Å². The van der Waals surface area contributed by atoms with Crippen LogP contribution in [0.5, 0.6) is 0 Å². The number of aryl methyl sites for hydroxylation is 1. The Morgan fingerprint density at radius 1 is 1.20 bits per heavy atom. The van der Waals surface area contributed by atoms with E-state index in [9.17, 15) is 0 Å². The average molecular weight is 276 g/mol. The van der Waals surface area contributed by atoms with Gasteiger partial charge in [0.05, 0.1) is 0 Å². The normalized spacial score (nSPS) is 13.3. The minimum Gasteiger partial charge on any atom is -0.369 e. The van der Waals surface area contributed by atoms with Gasteiger partial charge >= 0.3 is 0 Å². The van der Waals surface area contributed by atoms with E-state index in [1.807, 2.05) is 0 Å². The molecule has 0 radical (unpaired) electrons. The Morgan fingerprint density at radius 3 is 2.30 bits per heavy atom. The lowest BCUT2D eigenvalue weighted by atomic mass is 10.0. The molecular formula is C18H32N2. The first-order valence-corrected chi connectivity index (χ1v) is 7.89. The third-order valence-electron chi connectivity index (χ3n) is 3.86. The minimum absolute atomic E-state index is 0.165. The Bertz CT molecular complexity index is 418. The molecule has 1 aromatic rings. The van der Waals surface area contributed by atoms with Gasteiger partial charge in [0.1, 0.15) is 0 Å². The van der Waals surface area contributed by atoms with Crippen LogP contribution in [0.1, 0.15) is 59.1 Å². The van der Waals surface area contributed by atoms with Crippen molar-refractivity contribution in [2.24, 2.45) is 0 Å². The smallest absolute Gasteiger partial charge is 0.0398 e. The van der Waals surface area contributed by atoms with E-state index in [4.69, 9.17) is 0 Å². The molecule has 0 spiro atoms. The Kier molecular flexibility index (Phi) is 6.07. The minimum atomic E-state index is 0.165. The second kappa shape index (κ2) is 7.12. The van der Waals surface area contributed by atoms with Gasteiger partial charge in [-0.2, -0.15) is 0 Å². The molecule has 20 heavy (non-hydrogen) atoms. The van der Waals surface area contributed by atoms with Crippen molar-refractivity contribution in [3.8, 4) is 0 Å². The Hall–Kier alpha value is -1.02. The number of hydrogen-bond acceptors (Lipinski definition) is 2. The van der Waals surface area contributed by atoms with Gasteiger partial charge in [-0.1, -0.05) is 19.1 Å². The summed E-state index contributed by atoms with van der Waals surface area (Å²) in [4.78, 5) is 2.50. The monoisotopic (exact) mass is 276 g/mol. The molecule has 0 aliphatic carbocycles. The molecular weight excluding hydrogens is 244 g/mol. The van der Waals surface area contributed by atoms with Crippen LogP contribution in [-0.4, -0.2) is 18.1 Å². The molecule has 0 fully saturated rings. The van der Waals surface area contributed by atoms with E-state index in [2.05, 4.69) is 76.9 Å². The van der Waals surface area contributed by atoms with Crippen LogP contribution in [0.2, 0.25) is 0 Å². The summed E-state index contributed by atoms with van der Waals surface area (Å²) >= 11 is 0. The highest BCUT2D eigenvalue weighted by Gasteiger charge is 2.14. The highest BCUT2D eigenvalue weighted by Crippen LogP contribution is 2.24. The molecule has 1 rings (SSSR count). The summed E-state index contributed by atoms with van der Waals surface area (Å²) in [5.74, 6) is 0. The maximum absolute atomic E-state index is 3.55. The summed E-state index contributed by atoms with van der Waals surface area (Å²) in [6, 6.07) is 7.45. The molecule has 1 atom stereocenters. The zero-order valence-electron chi connectivity index (χ0n) is 14.4. The quantitative estimate of drug-likeness (QED) is 0.822. The first-order chi connectivity index (χ1) is 9.28. The van der Waals surface area contributed by atoms with Crippen molar-refractivity contribution < 1.29 is 0 Å². The van der Waals surface area contributed by atoms with Crippen LogP contribution in [0.4, 0.5) is 5.69 Å². The average Bonchev–Trinajstić information content (AvgIpc) is 2.38. The fourth-order valence-electron chi connectivity index (χ4n) is 2.46. The SMILES string of the molecule is CCC(C)N(CC)c1ccc(CNC(C)(C)C)cc1C. The molecule has 114 valence electrons. The molecule has 0 bridgehead atoms. The van der Waals surface area contributed by atoms with Crippen molar-refractivity contribution in [1.82, 2.24) is 5.32 Å². The lowest BCUT2D eigenvalue weighted by Crippen LogP contribution is -2.35. The summed E-state index contributed by atoms with van der Waals surface area (Å²) in [5, 5.41) is 3.55. The molecule has 0 aliphatic heterocycles. The van der Waals surface area contributed by atoms with E-state index in [0.29, 0.717) is 6.04 Å². The fraction of sp³-hybridized carbons (Fsp3) is 0.667. The molecule has 1 unspecified atom stereocenters. The standard InChI is InChI=1S/C18H32N2/c1-8-15(4)20(9-2)17-11-10-16(12-14(17)3)13-19-18(5,6)7/h10-12,15,19H,8-9,13H2,1-7H3. The molecule has 0 aromatic heterocycles. The number of nitrogens with zero attached hydrogens (tertiary/aromatic N) is 1. The molecule has 1 aromatic carbocycles. The van der Waals surface area contributed by atoms with Gasteiger partial charge in [-0.25, -0.2) is 0 Å². The molecule has 0 saturated heterocycles. The zero-order chi connectivity index (χ0) is 15.3. The van der Waals surface area contributed by atoms with E-state index >= 15 is 0 Å². The van der Waals surface area contributed by atoms with Crippen LogP contribution in [0.3, 0.4) is 0 Å². The van der Waals surface area contributed by atoms with Gasteiger partial charge in [-0.3, -0.25) is 0 Å². The zero-order valence-corrected chi connectivity index (χ0v) is 14.4. The molecule has 0 saturated carbocycles. The largest absolute Gasteiger partial charge is 0.369 e. The van der Waals surface area contributed by atoms with Crippen molar-refractivity contribution in [2.45, 2.75) is 73.0 Å². The van der Waals surface area contributed by atoms with E-state index in [-0.39, 0.29) is 5.54 Å². The highest BCUT2D eigenvalue weighted by atomic mass is 15.1. The van der Waals surface area contributed by atoms with Gasteiger partial charge in [0.15, 0.2) is 0 Å². The summed E-state index contributed by atoms with van der Waals surface area (Å²) in [5.41, 5.74) is 4.28. The van der Waals surface area contributed by atoms with Gasteiger partial charge in [0, 0.05) is 30.4 Å². The van der Waals surface area contributed by atoms with E-state index in [1.165, 1.54) is 23.2 Å². The number of rotatable bonds is 6. The summed E-state index contributed by atoms with van der Waals surface area (Å²) in [7, 11) is 0. The summed E-state index contributed by atoms with van der Waals surface area (Å²) in [6.45, 7) is 17.6. The predicted octanol–water partition coefficient (Wildman–Crippen LogP) is 4.51.